The van der Waals surface area contributed by atoms with Crippen LogP contribution in [0.5, 0.6) is 0 Å². The van der Waals surface area contributed by atoms with Crippen LogP contribution in [0.25, 0.3) is 43.2 Å². The van der Waals surface area contributed by atoms with Crippen molar-refractivity contribution in [3.05, 3.63) is 112 Å². The van der Waals surface area contributed by atoms with Crippen LogP contribution in [0.4, 0.5) is 5.82 Å². The van der Waals surface area contributed by atoms with Gasteiger partial charge in [0, 0.05) is 42.5 Å². The standard InChI is InChI=1S/C20H18N4S.C12H8ClN3S/c1-14-13-25-20-17(14)19(22-11-9-15-6-3-2-4-7-15)23-18(24-20)16-8-5-10-21-12-16;1-7-6-17-12-9(7)10(13)15-11(16-12)8-3-2-4-14-5-8/h2-8,10,12-13H,9,11H2,1H3,(H,22,23,24);2-6H,1H3. The van der Waals surface area contributed by atoms with Crippen molar-refractivity contribution in [3.8, 4) is 22.8 Å². The maximum Gasteiger partial charge on any atom is 0.164 e. The number of hydrogen-bond acceptors (Lipinski definition) is 9. The summed E-state index contributed by atoms with van der Waals surface area (Å²) in [6, 6.07) is 18.2. The Balaban J connectivity index is 0.000000162. The van der Waals surface area contributed by atoms with Gasteiger partial charge < -0.3 is 5.32 Å². The van der Waals surface area contributed by atoms with Crippen LogP contribution in [0.2, 0.25) is 5.15 Å². The van der Waals surface area contributed by atoms with Crippen molar-refractivity contribution in [1.29, 1.82) is 0 Å². The van der Waals surface area contributed by atoms with Gasteiger partial charge >= 0.3 is 0 Å². The van der Waals surface area contributed by atoms with Gasteiger partial charge in [-0.25, -0.2) is 19.9 Å². The molecule has 0 aliphatic rings. The van der Waals surface area contributed by atoms with Gasteiger partial charge in [-0.1, -0.05) is 41.9 Å². The number of aryl methyl sites for hydroxylation is 2. The van der Waals surface area contributed by atoms with Gasteiger partial charge in [-0.3, -0.25) is 9.97 Å². The van der Waals surface area contributed by atoms with Gasteiger partial charge in [0.2, 0.25) is 0 Å². The molecular formula is C32H26ClN7S2. The van der Waals surface area contributed by atoms with E-state index in [1.807, 2.05) is 42.6 Å². The van der Waals surface area contributed by atoms with Crippen LogP contribution in [-0.2, 0) is 6.42 Å². The molecule has 0 saturated heterocycles. The van der Waals surface area contributed by atoms with E-state index in [0.29, 0.717) is 16.8 Å². The van der Waals surface area contributed by atoms with E-state index in [1.165, 1.54) is 11.1 Å². The molecule has 10 heteroatoms. The summed E-state index contributed by atoms with van der Waals surface area (Å²) in [6.45, 7) is 4.95. The molecule has 7 aromatic rings. The summed E-state index contributed by atoms with van der Waals surface area (Å²) in [5.74, 6) is 2.24. The molecule has 1 N–H and O–H groups in total. The zero-order valence-electron chi connectivity index (χ0n) is 23.0. The lowest BCUT2D eigenvalue weighted by molar-refractivity contribution is 1.01. The van der Waals surface area contributed by atoms with Gasteiger partial charge in [0.15, 0.2) is 11.6 Å². The zero-order chi connectivity index (χ0) is 28.9. The predicted octanol–water partition coefficient (Wildman–Crippen LogP) is 8.43. The average Bonchev–Trinajstić information content (AvgIpc) is 3.61. The number of nitrogens with one attached hydrogen (secondary N) is 1. The number of pyridine rings is 2. The number of rotatable bonds is 6. The minimum Gasteiger partial charge on any atom is -0.369 e. The molecule has 6 heterocycles. The van der Waals surface area contributed by atoms with Crippen molar-refractivity contribution in [2.24, 2.45) is 0 Å². The molecular weight excluding hydrogens is 582 g/mol. The first-order valence-electron chi connectivity index (χ1n) is 13.3. The SMILES string of the molecule is Cc1csc2nc(-c3cccnc3)nc(Cl)c12.Cc1csc2nc(-c3cccnc3)nc(NCCc3ccccc3)c12. The number of thiophene rings is 2. The fourth-order valence-electron chi connectivity index (χ4n) is 4.46. The van der Waals surface area contributed by atoms with Gasteiger partial charge in [-0.05, 0) is 72.0 Å². The molecule has 0 fully saturated rings. The Morgan fingerprint density at radius 1 is 0.690 bits per heavy atom. The topological polar surface area (TPSA) is 89.4 Å². The lowest BCUT2D eigenvalue weighted by Crippen LogP contribution is -2.08. The molecule has 208 valence electrons. The molecule has 6 aromatic heterocycles. The van der Waals surface area contributed by atoms with Gasteiger partial charge in [0.1, 0.15) is 20.6 Å². The Hall–Kier alpha value is -4.31. The van der Waals surface area contributed by atoms with Gasteiger partial charge in [-0.2, -0.15) is 0 Å². The first-order valence-corrected chi connectivity index (χ1v) is 15.5. The first kappa shape index (κ1) is 27.8. The van der Waals surface area contributed by atoms with E-state index in [0.717, 1.165) is 55.9 Å². The average molecular weight is 608 g/mol. The highest BCUT2D eigenvalue weighted by Crippen LogP contribution is 2.32. The van der Waals surface area contributed by atoms with Crippen LogP contribution in [0.1, 0.15) is 16.7 Å². The van der Waals surface area contributed by atoms with Crippen LogP contribution in [0, 0.1) is 13.8 Å². The summed E-state index contributed by atoms with van der Waals surface area (Å²) in [5.41, 5.74) is 5.45. The van der Waals surface area contributed by atoms with Gasteiger partial charge in [0.25, 0.3) is 0 Å². The van der Waals surface area contributed by atoms with Gasteiger partial charge in [0.05, 0.1) is 10.8 Å². The zero-order valence-corrected chi connectivity index (χ0v) is 25.3. The van der Waals surface area contributed by atoms with Crippen LogP contribution in [0.3, 0.4) is 0 Å². The van der Waals surface area contributed by atoms with E-state index in [4.69, 9.17) is 21.6 Å². The van der Waals surface area contributed by atoms with E-state index in [2.05, 4.69) is 61.8 Å². The summed E-state index contributed by atoms with van der Waals surface area (Å²) in [5, 5.41) is 10.3. The van der Waals surface area contributed by atoms with E-state index in [-0.39, 0.29) is 0 Å². The van der Waals surface area contributed by atoms with E-state index >= 15 is 0 Å². The molecule has 0 amide bonds. The Morgan fingerprint density at radius 2 is 1.29 bits per heavy atom. The van der Waals surface area contributed by atoms with Crippen molar-refractivity contribution < 1.29 is 0 Å². The number of fused-ring (bicyclic) bond motifs is 2. The van der Waals surface area contributed by atoms with Crippen molar-refractivity contribution in [2.45, 2.75) is 20.3 Å². The normalized spacial score (nSPS) is 10.9. The Bertz CT molecular complexity index is 1940. The molecule has 42 heavy (non-hydrogen) atoms. The highest BCUT2D eigenvalue weighted by Gasteiger charge is 2.14. The summed E-state index contributed by atoms with van der Waals surface area (Å²) < 4.78 is 0. The summed E-state index contributed by atoms with van der Waals surface area (Å²) in [4.78, 5) is 28.5. The maximum atomic E-state index is 6.19. The number of aromatic nitrogens is 6. The van der Waals surface area contributed by atoms with Gasteiger partial charge in [-0.15, -0.1) is 22.7 Å². The minimum atomic E-state index is 0.507. The van der Waals surface area contributed by atoms with Crippen molar-refractivity contribution in [1.82, 2.24) is 29.9 Å². The largest absolute Gasteiger partial charge is 0.369 e. The quantitative estimate of drug-likeness (QED) is 0.190. The molecule has 1 aromatic carbocycles. The van der Waals surface area contributed by atoms with Crippen LogP contribution < -0.4 is 5.32 Å². The highest BCUT2D eigenvalue weighted by molar-refractivity contribution is 7.17. The molecule has 0 atom stereocenters. The Kier molecular flexibility index (Phi) is 8.41. The second-order valence-electron chi connectivity index (χ2n) is 9.58. The van der Waals surface area contributed by atoms with Crippen LogP contribution in [-0.4, -0.2) is 36.4 Å². The maximum absolute atomic E-state index is 6.19. The van der Waals surface area contributed by atoms with Crippen LogP contribution >= 0.6 is 34.3 Å². The fraction of sp³-hybridized carbons (Fsp3) is 0.125. The summed E-state index contributed by atoms with van der Waals surface area (Å²) >= 11 is 9.43. The first-order chi connectivity index (χ1) is 20.6. The molecule has 0 aliphatic carbocycles. The molecule has 0 bridgehead atoms. The Morgan fingerprint density at radius 3 is 1.90 bits per heavy atom. The number of benzene rings is 1. The summed E-state index contributed by atoms with van der Waals surface area (Å²) in [7, 11) is 0. The van der Waals surface area contributed by atoms with Crippen molar-refractivity contribution in [2.75, 3.05) is 11.9 Å². The lowest BCUT2D eigenvalue weighted by atomic mass is 10.1. The highest BCUT2D eigenvalue weighted by atomic mass is 35.5. The molecule has 7 nitrogen and oxygen atoms in total. The predicted molar refractivity (Wildman–Crippen MR) is 174 cm³/mol. The fourth-order valence-corrected chi connectivity index (χ4v) is 6.68. The van der Waals surface area contributed by atoms with E-state index < -0.39 is 0 Å². The molecule has 7 rings (SSSR count). The van der Waals surface area contributed by atoms with Crippen LogP contribution in [0.15, 0.2) is 90.1 Å². The molecule has 0 spiro atoms. The third-order valence-electron chi connectivity index (χ3n) is 6.58. The smallest absolute Gasteiger partial charge is 0.164 e. The number of nitrogens with zero attached hydrogens (tertiary/aromatic N) is 6. The molecule has 0 saturated carbocycles. The number of halogens is 1. The number of anilines is 1. The Labute approximate surface area is 256 Å². The third-order valence-corrected chi connectivity index (χ3v) is 8.83. The van der Waals surface area contributed by atoms with Crippen molar-refractivity contribution >= 4 is 60.5 Å². The molecule has 0 radical (unpaired) electrons. The molecule has 0 unspecified atom stereocenters. The monoisotopic (exact) mass is 607 g/mol. The lowest BCUT2D eigenvalue weighted by Gasteiger charge is -2.10. The van der Waals surface area contributed by atoms with E-state index in [1.54, 1.807) is 47.5 Å². The molecule has 0 aliphatic heterocycles. The minimum absolute atomic E-state index is 0.507. The number of hydrogen-bond donors (Lipinski definition) is 1. The summed E-state index contributed by atoms with van der Waals surface area (Å²) in [6.07, 6.45) is 7.97. The second kappa shape index (κ2) is 12.7. The second-order valence-corrected chi connectivity index (χ2v) is 11.7. The van der Waals surface area contributed by atoms with Crippen molar-refractivity contribution in [3.63, 3.8) is 0 Å². The van der Waals surface area contributed by atoms with E-state index in [9.17, 15) is 0 Å². The third kappa shape index (κ3) is 6.13.